The summed E-state index contributed by atoms with van der Waals surface area (Å²) < 4.78 is 41.9. The maximum Gasteiger partial charge on any atom is 0.401 e. The van der Waals surface area contributed by atoms with E-state index in [2.05, 4.69) is 20.9 Å². The first-order valence-corrected chi connectivity index (χ1v) is 7.36. The molecule has 10 heteroatoms. The molecule has 1 unspecified atom stereocenters. The molecule has 0 aromatic carbocycles. The van der Waals surface area contributed by atoms with Crippen molar-refractivity contribution < 1.29 is 22.7 Å². The van der Waals surface area contributed by atoms with Gasteiger partial charge in [-0.3, -0.25) is 14.7 Å². The Kier molecular flexibility index (Phi) is 8.10. The van der Waals surface area contributed by atoms with Crippen LogP contribution in [-0.4, -0.2) is 82.5 Å². The standard InChI is InChI=1S/C13H24F3N5O2/c1-17-12(19-7-11(22)18-4-6-23-2)20-10-3-5-21(8-10)9-13(14,15)16/h10H,3-9H2,1-2H3,(H,18,22)(H2,17,19,20). The normalized spacial score (nSPS) is 19.7. The Balaban J connectivity index is 2.28. The first-order valence-electron chi connectivity index (χ1n) is 7.36. The maximum atomic E-state index is 12.3. The molecule has 1 aliphatic heterocycles. The summed E-state index contributed by atoms with van der Waals surface area (Å²) in [5.74, 6) is 0.181. The average molecular weight is 339 g/mol. The smallest absolute Gasteiger partial charge is 0.383 e. The number of rotatable bonds is 7. The molecular weight excluding hydrogens is 315 g/mol. The second-order valence-electron chi connectivity index (χ2n) is 5.25. The number of likely N-dealkylation sites (tertiary alicyclic amines) is 1. The molecule has 7 nitrogen and oxygen atoms in total. The van der Waals surface area contributed by atoms with Crippen LogP contribution in [0.3, 0.4) is 0 Å². The predicted molar refractivity (Wildman–Crippen MR) is 80.3 cm³/mol. The number of amides is 1. The summed E-state index contributed by atoms with van der Waals surface area (Å²) in [6.45, 7) is 0.640. The highest BCUT2D eigenvalue weighted by molar-refractivity contribution is 5.86. The molecule has 3 N–H and O–H groups in total. The zero-order chi connectivity index (χ0) is 17.3. The van der Waals surface area contributed by atoms with Gasteiger partial charge in [-0.05, 0) is 6.42 Å². The highest BCUT2D eigenvalue weighted by Crippen LogP contribution is 2.19. The van der Waals surface area contributed by atoms with E-state index in [1.165, 1.54) is 4.90 Å². The number of aliphatic imine (C=N–C) groups is 1. The van der Waals surface area contributed by atoms with E-state index in [0.717, 1.165) is 0 Å². The number of alkyl halides is 3. The van der Waals surface area contributed by atoms with Crippen molar-refractivity contribution in [2.45, 2.75) is 18.6 Å². The molecule has 0 saturated carbocycles. The van der Waals surface area contributed by atoms with Crippen LogP contribution in [0.1, 0.15) is 6.42 Å². The van der Waals surface area contributed by atoms with Gasteiger partial charge in [-0.1, -0.05) is 0 Å². The molecule has 0 aromatic heterocycles. The summed E-state index contributed by atoms with van der Waals surface area (Å²) in [7, 11) is 3.08. The SMILES string of the molecule is CN=C(NCC(=O)NCCOC)NC1CCN(CC(F)(F)F)C1. The van der Waals surface area contributed by atoms with Crippen molar-refractivity contribution in [1.29, 1.82) is 0 Å². The van der Waals surface area contributed by atoms with E-state index in [9.17, 15) is 18.0 Å². The van der Waals surface area contributed by atoms with Crippen LogP contribution in [0.5, 0.6) is 0 Å². The lowest BCUT2D eigenvalue weighted by molar-refractivity contribution is -0.143. The van der Waals surface area contributed by atoms with Crippen molar-refractivity contribution in [3.63, 3.8) is 0 Å². The van der Waals surface area contributed by atoms with Crippen molar-refractivity contribution in [2.24, 2.45) is 4.99 Å². The van der Waals surface area contributed by atoms with Crippen LogP contribution >= 0.6 is 0 Å². The Morgan fingerprint density at radius 1 is 1.39 bits per heavy atom. The molecule has 134 valence electrons. The van der Waals surface area contributed by atoms with Crippen molar-refractivity contribution >= 4 is 11.9 Å². The quantitative estimate of drug-likeness (QED) is 0.333. The van der Waals surface area contributed by atoms with Crippen molar-refractivity contribution in [3.05, 3.63) is 0 Å². The molecule has 0 bridgehead atoms. The molecule has 1 heterocycles. The lowest BCUT2D eigenvalue weighted by Gasteiger charge is -2.19. The molecule has 1 rings (SSSR count). The van der Waals surface area contributed by atoms with E-state index < -0.39 is 12.7 Å². The lowest BCUT2D eigenvalue weighted by atomic mass is 10.3. The Morgan fingerprint density at radius 2 is 2.13 bits per heavy atom. The third-order valence-corrected chi connectivity index (χ3v) is 3.28. The van der Waals surface area contributed by atoms with Gasteiger partial charge in [0.05, 0.1) is 19.7 Å². The minimum absolute atomic E-state index is 0.0301. The van der Waals surface area contributed by atoms with Crippen LogP contribution in [0.2, 0.25) is 0 Å². The molecule has 0 radical (unpaired) electrons. The van der Waals surface area contributed by atoms with E-state index in [1.54, 1.807) is 14.2 Å². The van der Waals surface area contributed by atoms with E-state index in [4.69, 9.17) is 4.74 Å². The van der Waals surface area contributed by atoms with Crippen LogP contribution in [0.25, 0.3) is 0 Å². The van der Waals surface area contributed by atoms with Crippen molar-refractivity contribution in [1.82, 2.24) is 20.9 Å². The number of nitrogens with zero attached hydrogens (tertiary/aromatic N) is 2. The van der Waals surface area contributed by atoms with Gasteiger partial charge >= 0.3 is 6.18 Å². The summed E-state index contributed by atoms with van der Waals surface area (Å²) in [6.07, 6.45) is -3.59. The molecule has 1 fully saturated rings. The fraction of sp³-hybridized carbons (Fsp3) is 0.846. The minimum atomic E-state index is -4.19. The molecule has 1 atom stereocenters. The zero-order valence-electron chi connectivity index (χ0n) is 13.4. The summed E-state index contributed by atoms with van der Waals surface area (Å²) in [6, 6.07) is -0.125. The molecular formula is C13H24F3N5O2. The monoisotopic (exact) mass is 339 g/mol. The Morgan fingerprint density at radius 3 is 2.74 bits per heavy atom. The molecule has 23 heavy (non-hydrogen) atoms. The van der Waals surface area contributed by atoms with E-state index in [-0.39, 0.29) is 18.5 Å². The van der Waals surface area contributed by atoms with Crippen LogP contribution in [0.4, 0.5) is 13.2 Å². The van der Waals surface area contributed by atoms with Crippen LogP contribution in [-0.2, 0) is 9.53 Å². The number of guanidine groups is 1. The van der Waals surface area contributed by atoms with Crippen LogP contribution in [0.15, 0.2) is 4.99 Å². The topological polar surface area (TPSA) is 78.0 Å². The van der Waals surface area contributed by atoms with Gasteiger partial charge in [-0.25, -0.2) is 0 Å². The first-order chi connectivity index (χ1) is 10.8. The number of nitrogens with one attached hydrogen (secondary N) is 3. The number of hydrogen-bond acceptors (Lipinski definition) is 4. The minimum Gasteiger partial charge on any atom is -0.383 e. The molecule has 1 aliphatic rings. The average Bonchev–Trinajstić information content (AvgIpc) is 2.88. The Labute approximate surface area is 133 Å². The maximum absolute atomic E-state index is 12.3. The zero-order valence-corrected chi connectivity index (χ0v) is 13.4. The highest BCUT2D eigenvalue weighted by atomic mass is 19.4. The lowest BCUT2D eigenvalue weighted by Crippen LogP contribution is -2.48. The van der Waals surface area contributed by atoms with Crippen LogP contribution < -0.4 is 16.0 Å². The number of hydrogen-bond donors (Lipinski definition) is 3. The Bertz CT molecular complexity index is 404. The largest absolute Gasteiger partial charge is 0.401 e. The van der Waals surface area contributed by atoms with Crippen molar-refractivity contribution in [2.75, 3.05) is 53.5 Å². The third-order valence-electron chi connectivity index (χ3n) is 3.28. The van der Waals surface area contributed by atoms with Gasteiger partial charge < -0.3 is 20.7 Å². The van der Waals surface area contributed by atoms with Gasteiger partial charge in [0.1, 0.15) is 0 Å². The summed E-state index contributed by atoms with van der Waals surface area (Å²) >= 11 is 0. The van der Waals surface area contributed by atoms with Gasteiger partial charge in [0.2, 0.25) is 5.91 Å². The molecule has 0 aromatic rings. The fourth-order valence-corrected chi connectivity index (χ4v) is 2.25. The predicted octanol–water partition coefficient (Wildman–Crippen LogP) is -0.449. The second-order valence-corrected chi connectivity index (χ2v) is 5.25. The number of methoxy groups -OCH3 is 1. The fourth-order valence-electron chi connectivity index (χ4n) is 2.25. The van der Waals surface area contributed by atoms with E-state index in [0.29, 0.717) is 38.6 Å². The molecule has 1 saturated heterocycles. The highest BCUT2D eigenvalue weighted by Gasteiger charge is 2.34. The Hall–Kier alpha value is -1.55. The second kappa shape index (κ2) is 9.56. The van der Waals surface area contributed by atoms with Gasteiger partial charge in [0.25, 0.3) is 0 Å². The summed E-state index contributed by atoms with van der Waals surface area (Å²) in [4.78, 5) is 16.9. The summed E-state index contributed by atoms with van der Waals surface area (Å²) in [5, 5.41) is 8.51. The van der Waals surface area contributed by atoms with Crippen LogP contribution in [0, 0.1) is 0 Å². The van der Waals surface area contributed by atoms with E-state index in [1.807, 2.05) is 0 Å². The number of carbonyl (C=O) groups excluding carboxylic acids is 1. The first kappa shape index (κ1) is 19.5. The van der Waals surface area contributed by atoms with Gasteiger partial charge in [0, 0.05) is 39.8 Å². The summed E-state index contributed by atoms with van der Waals surface area (Å²) in [5.41, 5.74) is 0. The van der Waals surface area contributed by atoms with Crippen molar-refractivity contribution in [3.8, 4) is 0 Å². The van der Waals surface area contributed by atoms with Gasteiger partial charge in [0.15, 0.2) is 5.96 Å². The molecule has 0 spiro atoms. The van der Waals surface area contributed by atoms with E-state index >= 15 is 0 Å². The number of halogens is 3. The number of ether oxygens (including phenoxy) is 1. The molecule has 1 amide bonds. The number of carbonyl (C=O) groups is 1. The van der Waals surface area contributed by atoms with Gasteiger partial charge in [-0.15, -0.1) is 0 Å². The van der Waals surface area contributed by atoms with Gasteiger partial charge in [-0.2, -0.15) is 13.2 Å². The molecule has 0 aliphatic carbocycles. The third kappa shape index (κ3) is 8.60.